The van der Waals surface area contributed by atoms with Gasteiger partial charge in [0, 0.05) is 24.4 Å². The number of nitrogens with one attached hydrogen (secondary N) is 2. The quantitative estimate of drug-likeness (QED) is 0.438. The van der Waals surface area contributed by atoms with Gasteiger partial charge in [0.25, 0.3) is 0 Å². The van der Waals surface area contributed by atoms with Crippen LogP contribution in [0.3, 0.4) is 0 Å². The van der Waals surface area contributed by atoms with Crippen LogP contribution in [0.5, 0.6) is 5.75 Å². The number of cyclic esters (lactones) is 1. The van der Waals surface area contributed by atoms with E-state index in [1.807, 2.05) is 6.08 Å². The SMILES string of the molecule is COc1ccc2c(c1)/C=C/C[C@@H](C)OC(=O)N[C@@H](C(C)(C)C)C(=O)N1C[C@@H](C[C@H]1C(=O)N[C@@]1(C(=O)O)C[C@H]1C(F)F)c1nnn-2n1. The molecule has 0 spiro atoms. The largest absolute Gasteiger partial charge is 0.497 e. The van der Waals surface area contributed by atoms with E-state index in [1.54, 1.807) is 52.0 Å². The van der Waals surface area contributed by atoms with Crippen LogP contribution in [0.2, 0.25) is 0 Å². The van der Waals surface area contributed by atoms with E-state index in [0.717, 1.165) is 0 Å². The van der Waals surface area contributed by atoms with Gasteiger partial charge in [-0.3, -0.25) is 9.59 Å². The topological polar surface area (TPSA) is 178 Å². The Morgan fingerprint density at radius 2 is 2.00 bits per heavy atom. The summed E-state index contributed by atoms with van der Waals surface area (Å²) in [5.41, 5.74) is -1.78. The smallest absolute Gasteiger partial charge is 0.408 e. The van der Waals surface area contributed by atoms with Crippen LogP contribution in [0.4, 0.5) is 13.6 Å². The van der Waals surface area contributed by atoms with Crippen LogP contribution >= 0.6 is 0 Å². The first-order chi connectivity index (χ1) is 21.6. The zero-order valence-electron chi connectivity index (χ0n) is 26.1. The fourth-order valence-electron chi connectivity index (χ4n) is 5.90. The Hall–Kier alpha value is -4.63. The summed E-state index contributed by atoms with van der Waals surface area (Å²) in [6.07, 6.45) is -0.935. The van der Waals surface area contributed by atoms with Crippen molar-refractivity contribution in [3.63, 3.8) is 0 Å². The summed E-state index contributed by atoms with van der Waals surface area (Å²) in [6.45, 7) is 6.78. The molecule has 3 amide bonds. The minimum absolute atomic E-state index is 0.0496. The number of amides is 3. The number of carboxylic acids is 1. The Balaban J connectivity index is 1.55. The normalized spacial score (nSPS) is 28.9. The van der Waals surface area contributed by atoms with Gasteiger partial charge in [-0.05, 0) is 48.6 Å². The second-order valence-corrected chi connectivity index (χ2v) is 13.0. The van der Waals surface area contributed by atoms with Gasteiger partial charge in [-0.15, -0.1) is 15.0 Å². The Morgan fingerprint density at radius 3 is 2.63 bits per heavy atom. The standard InChI is InChI=1S/C30H37F2N7O7/c1-15-7-6-8-16-11-18(45-5)9-10-20(16)39-36-24(35-37-39)17-12-21(25(40)34-30(27(42)43)13-19(30)23(31)32)38(14-17)26(41)22(29(2,3)4)33-28(44)46-15/h6,8-11,15,17,19,21-23H,7,12-14H2,1-5H3,(H,33,44)(H,34,40)(H,42,43)/b8-6+/t15-,17-,19+,21+,22-,30+/m1/s1. The Bertz CT molecular complexity index is 1560. The number of alkyl halides is 2. The van der Waals surface area contributed by atoms with Crippen molar-refractivity contribution < 1.29 is 42.5 Å². The van der Waals surface area contributed by atoms with Gasteiger partial charge >= 0.3 is 12.1 Å². The van der Waals surface area contributed by atoms with Crippen LogP contribution in [-0.4, -0.2) is 97.9 Å². The maximum absolute atomic E-state index is 14.2. The minimum Gasteiger partial charge on any atom is -0.497 e. The first-order valence-corrected chi connectivity index (χ1v) is 14.9. The van der Waals surface area contributed by atoms with Crippen molar-refractivity contribution in [2.45, 2.75) is 83.0 Å². The number of carboxylic acid groups (broad SMARTS) is 1. The lowest BCUT2D eigenvalue weighted by Crippen LogP contribution is -2.59. The van der Waals surface area contributed by atoms with Gasteiger partial charge in [0.15, 0.2) is 5.82 Å². The van der Waals surface area contributed by atoms with E-state index < -0.39 is 77.7 Å². The summed E-state index contributed by atoms with van der Waals surface area (Å²) in [5.74, 6) is -4.55. The van der Waals surface area contributed by atoms with Crippen molar-refractivity contribution in [1.82, 2.24) is 35.7 Å². The van der Waals surface area contributed by atoms with Crippen molar-refractivity contribution in [3.8, 4) is 11.4 Å². The first-order valence-electron chi connectivity index (χ1n) is 14.9. The second kappa shape index (κ2) is 12.3. The van der Waals surface area contributed by atoms with E-state index in [1.165, 1.54) is 16.8 Å². The van der Waals surface area contributed by atoms with Crippen molar-refractivity contribution in [2.24, 2.45) is 11.3 Å². The predicted molar refractivity (Wildman–Crippen MR) is 157 cm³/mol. The zero-order chi connectivity index (χ0) is 33.6. The molecule has 14 nitrogen and oxygen atoms in total. The Morgan fingerprint density at radius 1 is 1.26 bits per heavy atom. The molecule has 16 heteroatoms. The number of methoxy groups -OCH3 is 1. The minimum atomic E-state index is -2.96. The van der Waals surface area contributed by atoms with E-state index in [9.17, 15) is 33.1 Å². The van der Waals surface area contributed by atoms with E-state index in [2.05, 4.69) is 26.0 Å². The van der Waals surface area contributed by atoms with Crippen molar-refractivity contribution in [1.29, 1.82) is 0 Å². The summed E-state index contributed by atoms with van der Waals surface area (Å²) in [7, 11) is 1.53. The number of tetrazole rings is 1. The molecule has 0 unspecified atom stereocenters. The average molecular weight is 646 g/mol. The molecule has 2 aromatic rings. The van der Waals surface area contributed by atoms with E-state index in [-0.39, 0.29) is 18.8 Å². The Labute approximate surface area is 263 Å². The number of hydrogen-bond acceptors (Lipinski definition) is 9. The summed E-state index contributed by atoms with van der Waals surface area (Å²) >= 11 is 0. The number of aromatic nitrogens is 4. The third-order valence-electron chi connectivity index (χ3n) is 8.63. The molecule has 5 rings (SSSR count). The number of carbonyl (C=O) groups excluding carboxylic acids is 3. The molecule has 3 aliphatic rings. The molecule has 3 heterocycles. The fraction of sp³-hybridized carbons (Fsp3) is 0.567. The van der Waals surface area contributed by atoms with Gasteiger partial charge in [-0.1, -0.05) is 32.9 Å². The second-order valence-electron chi connectivity index (χ2n) is 13.0. The number of rotatable bonds is 5. The van der Waals surface area contributed by atoms with E-state index in [0.29, 0.717) is 23.4 Å². The van der Waals surface area contributed by atoms with E-state index >= 15 is 0 Å². The van der Waals surface area contributed by atoms with Gasteiger partial charge in [0.05, 0.1) is 18.7 Å². The summed E-state index contributed by atoms with van der Waals surface area (Å²) in [5, 5.41) is 27.7. The van der Waals surface area contributed by atoms with Gasteiger partial charge in [-0.25, -0.2) is 18.4 Å². The van der Waals surface area contributed by atoms with Gasteiger partial charge in [0.2, 0.25) is 18.2 Å². The average Bonchev–Trinajstić information content (AvgIpc) is 3.30. The fourth-order valence-corrected chi connectivity index (χ4v) is 5.90. The molecule has 4 bridgehead atoms. The molecule has 46 heavy (non-hydrogen) atoms. The lowest BCUT2D eigenvalue weighted by atomic mass is 9.85. The van der Waals surface area contributed by atoms with Gasteiger partial charge in [0.1, 0.15) is 29.5 Å². The van der Waals surface area contributed by atoms with Crippen LogP contribution in [0, 0.1) is 11.3 Å². The summed E-state index contributed by atoms with van der Waals surface area (Å²) in [4.78, 5) is 55.4. The lowest BCUT2D eigenvalue weighted by Gasteiger charge is -2.35. The number of aliphatic carboxylic acids is 1. The van der Waals surface area contributed by atoms with Crippen LogP contribution in [-0.2, 0) is 19.1 Å². The highest BCUT2D eigenvalue weighted by atomic mass is 19.3. The molecule has 0 radical (unpaired) electrons. The van der Waals surface area contributed by atoms with Crippen LogP contribution < -0.4 is 15.4 Å². The number of carbonyl (C=O) groups is 4. The summed E-state index contributed by atoms with van der Waals surface area (Å²) in [6, 6.07) is 2.78. The third-order valence-corrected chi connectivity index (χ3v) is 8.63. The highest BCUT2D eigenvalue weighted by Crippen LogP contribution is 2.48. The van der Waals surface area contributed by atoms with Crippen LogP contribution in [0.1, 0.15) is 64.3 Å². The number of alkyl carbamates (subject to hydrolysis) is 1. The van der Waals surface area contributed by atoms with Crippen LogP contribution in [0.25, 0.3) is 11.8 Å². The molecule has 6 atom stereocenters. The molecule has 1 aliphatic carbocycles. The number of benzene rings is 1. The Kier molecular flexibility index (Phi) is 8.75. The van der Waals surface area contributed by atoms with Gasteiger partial charge < -0.3 is 30.1 Å². The molecular formula is C30H37F2N7O7. The summed E-state index contributed by atoms with van der Waals surface area (Å²) < 4.78 is 37.9. The predicted octanol–water partition coefficient (Wildman–Crippen LogP) is 2.53. The number of halogens is 2. The zero-order valence-corrected chi connectivity index (χ0v) is 26.1. The van der Waals surface area contributed by atoms with Crippen molar-refractivity contribution in [3.05, 3.63) is 35.7 Å². The van der Waals surface area contributed by atoms with Crippen molar-refractivity contribution in [2.75, 3.05) is 13.7 Å². The molecular weight excluding hydrogens is 608 g/mol. The molecule has 1 saturated carbocycles. The molecule has 1 aromatic heterocycles. The maximum Gasteiger partial charge on any atom is 0.408 e. The highest BCUT2D eigenvalue weighted by Gasteiger charge is 2.66. The maximum atomic E-state index is 14.2. The van der Waals surface area contributed by atoms with Crippen molar-refractivity contribution >= 4 is 30.0 Å². The molecule has 248 valence electrons. The molecule has 2 aliphatic heterocycles. The van der Waals surface area contributed by atoms with E-state index in [4.69, 9.17) is 9.47 Å². The molecule has 2 fully saturated rings. The number of nitrogens with zero attached hydrogens (tertiary/aromatic N) is 5. The third kappa shape index (κ3) is 6.37. The monoisotopic (exact) mass is 645 g/mol. The lowest BCUT2D eigenvalue weighted by molar-refractivity contribution is -0.147. The number of ether oxygens (including phenoxy) is 2. The highest BCUT2D eigenvalue weighted by molar-refractivity contribution is 5.96. The first kappa shape index (κ1) is 32.8. The number of hydrogen-bond donors (Lipinski definition) is 3. The molecule has 1 aromatic carbocycles. The number of fused-ring (bicyclic) bond motifs is 7. The molecule has 1 saturated heterocycles. The molecule has 3 N–H and O–H groups in total. The van der Waals surface area contributed by atoms with Gasteiger partial charge in [-0.2, -0.15) is 0 Å². The van der Waals surface area contributed by atoms with Crippen LogP contribution in [0.15, 0.2) is 24.3 Å².